The van der Waals surface area contributed by atoms with Crippen LogP contribution in [0.3, 0.4) is 0 Å². The standard InChI is InChI=1S/C18H27NO2/c1-3-10-18(21,11-4-2)13-17(20)19-12-9-15-7-5-6-8-16(15)14-19/h5-8,21H,3-4,9-14H2,1-2H3. The van der Waals surface area contributed by atoms with Gasteiger partial charge in [-0.3, -0.25) is 4.79 Å². The van der Waals surface area contributed by atoms with E-state index in [4.69, 9.17) is 0 Å². The van der Waals surface area contributed by atoms with Crippen LogP contribution in [0.2, 0.25) is 0 Å². The molecule has 1 aliphatic heterocycles. The molecule has 1 aromatic carbocycles. The Bertz CT molecular complexity index is 478. The summed E-state index contributed by atoms with van der Waals surface area (Å²) in [5, 5.41) is 10.7. The molecule has 0 saturated carbocycles. The van der Waals surface area contributed by atoms with E-state index in [9.17, 15) is 9.90 Å². The molecule has 1 N–H and O–H groups in total. The molecule has 0 saturated heterocycles. The summed E-state index contributed by atoms with van der Waals surface area (Å²) >= 11 is 0. The van der Waals surface area contributed by atoms with E-state index in [1.807, 2.05) is 11.0 Å². The first-order valence-electron chi connectivity index (χ1n) is 8.15. The Labute approximate surface area is 128 Å². The van der Waals surface area contributed by atoms with Crippen LogP contribution in [-0.2, 0) is 17.8 Å². The van der Waals surface area contributed by atoms with Crippen LogP contribution >= 0.6 is 0 Å². The molecule has 3 heteroatoms. The molecule has 0 spiro atoms. The molecule has 1 heterocycles. The molecule has 0 aliphatic carbocycles. The Balaban J connectivity index is 2.01. The van der Waals surface area contributed by atoms with Crippen molar-refractivity contribution in [3.63, 3.8) is 0 Å². The fraction of sp³-hybridized carbons (Fsp3) is 0.611. The number of hydrogen-bond donors (Lipinski definition) is 1. The van der Waals surface area contributed by atoms with Crippen LogP contribution in [0.1, 0.15) is 57.1 Å². The summed E-state index contributed by atoms with van der Waals surface area (Å²) in [6, 6.07) is 8.32. The maximum absolute atomic E-state index is 12.5. The van der Waals surface area contributed by atoms with Crippen molar-refractivity contribution >= 4 is 5.91 Å². The van der Waals surface area contributed by atoms with E-state index in [1.54, 1.807) is 0 Å². The minimum atomic E-state index is -0.822. The highest BCUT2D eigenvalue weighted by Crippen LogP contribution is 2.26. The van der Waals surface area contributed by atoms with Gasteiger partial charge >= 0.3 is 0 Å². The fourth-order valence-electron chi connectivity index (χ4n) is 3.33. The van der Waals surface area contributed by atoms with Crippen LogP contribution in [-0.4, -0.2) is 28.1 Å². The minimum Gasteiger partial charge on any atom is -0.389 e. The van der Waals surface area contributed by atoms with Crippen molar-refractivity contribution in [2.75, 3.05) is 6.54 Å². The van der Waals surface area contributed by atoms with Gasteiger partial charge in [0, 0.05) is 13.1 Å². The van der Waals surface area contributed by atoms with Crippen molar-refractivity contribution < 1.29 is 9.90 Å². The van der Waals surface area contributed by atoms with E-state index in [2.05, 4.69) is 32.0 Å². The molecular formula is C18H27NO2. The third-order valence-corrected chi connectivity index (χ3v) is 4.39. The Morgan fingerprint density at radius 1 is 1.19 bits per heavy atom. The van der Waals surface area contributed by atoms with Gasteiger partial charge in [-0.2, -0.15) is 0 Å². The predicted octanol–water partition coefficient (Wildman–Crippen LogP) is 3.29. The number of benzene rings is 1. The predicted molar refractivity (Wildman–Crippen MR) is 84.9 cm³/mol. The Morgan fingerprint density at radius 3 is 2.43 bits per heavy atom. The van der Waals surface area contributed by atoms with Crippen molar-refractivity contribution in [3.8, 4) is 0 Å². The highest BCUT2D eigenvalue weighted by molar-refractivity contribution is 5.77. The van der Waals surface area contributed by atoms with Crippen molar-refractivity contribution in [1.29, 1.82) is 0 Å². The Hall–Kier alpha value is -1.35. The summed E-state index contributed by atoms with van der Waals surface area (Å²) in [7, 11) is 0. The zero-order valence-electron chi connectivity index (χ0n) is 13.3. The summed E-state index contributed by atoms with van der Waals surface area (Å²) in [6.07, 6.45) is 4.41. The molecule has 0 radical (unpaired) electrons. The van der Waals surface area contributed by atoms with Gasteiger partial charge < -0.3 is 10.0 Å². The smallest absolute Gasteiger partial charge is 0.225 e. The van der Waals surface area contributed by atoms with E-state index in [-0.39, 0.29) is 12.3 Å². The molecule has 2 rings (SSSR count). The zero-order chi connectivity index (χ0) is 15.3. The number of aliphatic hydroxyl groups is 1. The third-order valence-electron chi connectivity index (χ3n) is 4.39. The summed E-state index contributed by atoms with van der Waals surface area (Å²) in [4.78, 5) is 14.4. The summed E-state index contributed by atoms with van der Waals surface area (Å²) < 4.78 is 0. The van der Waals surface area contributed by atoms with Crippen LogP contribution in [0.25, 0.3) is 0 Å². The molecule has 1 aromatic rings. The van der Waals surface area contributed by atoms with Gasteiger partial charge in [-0.25, -0.2) is 0 Å². The van der Waals surface area contributed by atoms with E-state index < -0.39 is 5.60 Å². The van der Waals surface area contributed by atoms with Crippen molar-refractivity contribution in [3.05, 3.63) is 35.4 Å². The van der Waals surface area contributed by atoms with E-state index in [0.29, 0.717) is 19.4 Å². The third kappa shape index (κ3) is 4.07. The van der Waals surface area contributed by atoms with Gasteiger partial charge in [0.1, 0.15) is 0 Å². The molecule has 3 nitrogen and oxygen atoms in total. The average molecular weight is 289 g/mol. The van der Waals surface area contributed by atoms with Gasteiger partial charge in [0.2, 0.25) is 5.91 Å². The lowest BCUT2D eigenvalue weighted by Crippen LogP contribution is -2.41. The molecule has 0 bridgehead atoms. The number of amides is 1. The first-order valence-corrected chi connectivity index (χ1v) is 8.15. The summed E-state index contributed by atoms with van der Waals surface area (Å²) in [6.45, 7) is 5.57. The molecule has 1 amide bonds. The molecule has 0 fully saturated rings. The highest BCUT2D eigenvalue weighted by atomic mass is 16.3. The summed E-state index contributed by atoms with van der Waals surface area (Å²) in [5.41, 5.74) is 1.77. The molecule has 116 valence electrons. The lowest BCUT2D eigenvalue weighted by atomic mass is 9.88. The van der Waals surface area contributed by atoms with E-state index in [0.717, 1.165) is 25.8 Å². The van der Waals surface area contributed by atoms with Gasteiger partial charge in [-0.1, -0.05) is 51.0 Å². The average Bonchev–Trinajstić information content (AvgIpc) is 2.47. The number of carbonyl (C=O) groups is 1. The second kappa shape index (κ2) is 7.08. The molecule has 1 aliphatic rings. The second-order valence-corrected chi connectivity index (χ2v) is 6.24. The maximum Gasteiger partial charge on any atom is 0.225 e. The van der Waals surface area contributed by atoms with Crippen LogP contribution in [0.5, 0.6) is 0 Å². The van der Waals surface area contributed by atoms with Gasteiger partial charge in [0.15, 0.2) is 0 Å². The maximum atomic E-state index is 12.5. The minimum absolute atomic E-state index is 0.0916. The van der Waals surface area contributed by atoms with Crippen molar-refractivity contribution in [2.24, 2.45) is 0 Å². The summed E-state index contributed by atoms with van der Waals surface area (Å²) in [5.74, 6) is 0.0916. The van der Waals surface area contributed by atoms with Gasteiger partial charge in [-0.05, 0) is 30.4 Å². The highest BCUT2D eigenvalue weighted by Gasteiger charge is 2.31. The van der Waals surface area contributed by atoms with Crippen LogP contribution in [0.4, 0.5) is 0 Å². The molecule has 0 atom stereocenters. The van der Waals surface area contributed by atoms with Crippen LogP contribution in [0, 0.1) is 0 Å². The van der Waals surface area contributed by atoms with E-state index in [1.165, 1.54) is 11.1 Å². The van der Waals surface area contributed by atoms with Crippen LogP contribution < -0.4 is 0 Å². The van der Waals surface area contributed by atoms with Crippen LogP contribution in [0.15, 0.2) is 24.3 Å². The van der Waals surface area contributed by atoms with Gasteiger partial charge in [0.25, 0.3) is 0 Å². The topological polar surface area (TPSA) is 40.5 Å². The Kier molecular flexibility index (Phi) is 5.40. The zero-order valence-corrected chi connectivity index (χ0v) is 13.3. The number of hydrogen-bond acceptors (Lipinski definition) is 2. The number of nitrogens with zero attached hydrogens (tertiary/aromatic N) is 1. The number of carbonyl (C=O) groups excluding carboxylic acids is 1. The number of fused-ring (bicyclic) bond motifs is 1. The monoisotopic (exact) mass is 289 g/mol. The first-order chi connectivity index (χ1) is 10.1. The Morgan fingerprint density at radius 2 is 1.81 bits per heavy atom. The quantitative estimate of drug-likeness (QED) is 0.873. The molecular weight excluding hydrogens is 262 g/mol. The largest absolute Gasteiger partial charge is 0.389 e. The lowest BCUT2D eigenvalue weighted by Gasteiger charge is -2.33. The second-order valence-electron chi connectivity index (χ2n) is 6.24. The van der Waals surface area contributed by atoms with Crippen molar-refractivity contribution in [1.82, 2.24) is 4.90 Å². The number of rotatable bonds is 6. The SMILES string of the molecule is CCCC(O)(CCC)CC(=O)N1CCc2ccccc2C1. The first kappa shape index (κ1) is 16.0. The molecule has 0 aromatic heterocycles. The van der Waals surface area contributed by atoms with Gasteiger partial charge in [-0.15, -0.1) is 0 Å². The fourth-order valence-corrected chi connectivity index (χ4v) is 3.33. The van der Waals surface area contributed by atoms with Gasteiger partial charge in [0.05, 0.1) is 12.0 Å². The normalized spacial score (nSPS) is 14.9. The van der Waals surface area contributed by atoms with Crippen molar-refractivity contribution in [2.45, 2.75) is 64.5 Å². The lowest BCUT2D eigenvalue weighted by molar-refractivity contribution is -0.138. The molecule has 21 heavy (non-hydrogen) atoms. The molecule has 0 unspecified atom stereocenters. The van der Waals surface area contributed by atoms with E-state index >= 15 is 0 Å².